The summed E-state index contributed by atoms with van der Waals surface area (Å²) < 4.78 is 17.8. The molecule has 1 heterocycles. The van der Waals surface area contributed by atoms with Crippen LogP contribution in [0.25, 0.3) is 5.69 Å². The van der Waals surface area contributed by atoms with Crippen LogP contribution in [-0.2, 0) is 19.1 Å². The Hall–Kier alpha value is -4.27. The van der Waals surface area contributed by atoms with Gasteiger partial charge < -0.3 is 29.4 Å². The number of alkyl carbamates (subject to hydrolysis) is 1. The number of amides is 2. The molecule has 2 N–H and O–H groups in total. The van der Waals surface area contributed by atoms with Gasteiger partial charge in [-0.15, -0.1) is 0 Å². The molecule has 0 saturated heterocycles. The highest BCUT2D eigenvalue weighted by molar-refractivity contribution is 5.96. The van der Waals surface area contributed by atoms with Crippen molar-refractivity contribution in [2.24, 2.45) is 0 Å². The normalized spacial score (nSPS) is 11.8. The van der Waals surface area contributed by atoms with E-state index in [1.54, 1.807) is 45.0 Å². The van der Waals surface area contributed by atoms with Crippen LogP contribution in [0.1, 0.15) is 33.6 Å². The SMILES string of the molecule is COC(=O)CCC(NC(=O)OC(C)(C)C)C(=O)Nc1ccc(Oc2ccc(-n3cccc3)cc2)cc1. The zero-order chi connectivity index (χ0) is 26.1. The van der Waals surface area contributed by atoms with Crippen LogP contribution in [0.2, 0.25) is 0 Å². The minimum Gasteiger partial charge on any atom is -0.469 e. The maximum Gasteiger partial charge on any atom is 0.408 e. The number of nitrogens with one attached hydrogen (secondary N) is 2. The second-order valence-corrected chi connectivity index (χ2v) is 9.01. The summed E-state index contributed by atoms with van der Waals surface area (Å²) in [4.78, 5) is 36.6. The Kier molecular flexibility index (Phi) is 8.72. The van der Waals surface area contributed by atoms with Crippen LogP contribution >= 0.6 is 0 Å². The minimum atomic E-state index is -0.992. The molecular formula is C27H31N3O6. The van der Waals surface area contributed by atoms with E-state index in [1.165, 1.54) is 7.11 Å². The van der Waals surface area contributed by atoms with Gasteiger partial charge in [0.2, 0.25) is 5.91 Å². The minimum absolute atomic E-state index is 0.0414. The maximum absolute atomic E-state index is 12.9. The molecule has 0 radical (unpaired) electrons. The Balaban J connectivity index is 1.60. The first-order valence-corrected chi connectivity index (χ1v) is 11.5. The number of carbonyl (C=O) groups excluding carboxylic acids is 3. The van der Waals surface area contributed by atoms with Gasteiger partial charge in [-0.1, -0.05) is 0 Å². The van der Waals surface area contributed by atoms with Crippen LogP contribution in [0.15, 0.2) is 73.1 Å². The number of rotatable bonds is 9. The van der Waals surface area contributed by atoms with E-state index in [-0.39, 0.29) is 12.8 Å². The van der Waals surface area contributed by atoms with Gasteiger partial charge in [-0.3, -0.25) is 9.59 Å². The number of hydrogen-bond donors (Lipinski definition) is 2. The highest BCUT2D eigenvalue weighted by atomic mass is 16.6. The lowest BCUT2D eigenvalue weighted by Gasteiger charge is -2.23. The Labute approximate surface area is 210 Å². The van der Waals surface area contributed by atoms with Crippen LogP contribution in [0.5, 0.6) is 11.5 Å². The molecule has 2 amide bonds. The van der Waals surface area contributed by atoms with Gasteiger partial charge in [-0.25, -0.2) is 4.79 Å². The Bertz CT molecular complexity index is 1150. The van der Waals surface area contributed by atoms with Crippen molar-refractivity contribution in [3.63, 3.8) is 0 Å². The zero-order valence-electron chi connectivity index (χ0n) is 20.8. The molecule has 0 aliphatic carbocycles. The fourth-order valence-electron chi connectivity index (χ4n) is 3.25. The molecule has 2 aromatic carbocycles. The molecule has 1 atom stereocenters. The second-order valence-electron chi connectivity index (χ2n) is 9.01. The molecule has 1 unspecified atom stereocenters. The van der Waals surface area contributed by atoms with Crippen LogP contribution in [0.3, 0.4) is 0 Å². The lowest BCUT2D eigenvalue weighted by molar-refractivity contribution is -0.140. The molecule has 9 heteroatoms. The third-order valence-corrected chi connectivity index (χ3v) is 4.97. The van der Waals surface area contributed by atoms with Crippen molar-refractivity contribution >= 4 is 23.7 Å². The molecule has 36 heavy (non-hydrogen) atoms. The molecule has 3 rings (SSSR count). The van der Waals surface area contributed by atoms with Crippen molar-refractivity contribution in [3.05, 3.63) is 73.1 Å². The standard InChI is InChI=1S/C27H31N3O6/c1-27(2,3)36-26(33)29-23(15-16-24(31)34-4)25(32)28-19-7-11-21(12-8-19)35-22-13-9-20(10-14-22)30-17-5-6-18-30/h5-14,17-18,23H,15-16H2,1-4H3,(H,28,32)(H,29,33). The highest BCUT2D eigenvalue weighted by Gasteiger charge is 2.25. The smallest absolute Gasteiger partial charge is 0.408 e. The summed E-state index contributed by atoms with van der Waals surface area (Å²) in [5.41, 5.74) is 0.794. The number of carbonyl (C=O) groups is 3. The van der Waals surface area contributed by atoms with Gasteiger partial charge in [0, 0.05) is 30.2 Å². The average molecular weight is 494 g/mol. The van der Waals surface area contributed by atoms with Crippen molar-refractivity contribution < 1.29 is 28.6 Å². The van der Waals surface area contributed by atoms with E-state index in [9.17, 15) is 14.4 Å². The summed E-state index contributed by atoms with van der Waals surface area (Å²) in [7, 11) is 1.26. The molecular weight excluding hydrogens is 462 g/mol. The van der Waals surface area contributed by atoms with Crippen molar-refractivity contribution in [2.75, 3.05) is 12.4 Å². The number of benzene rings is 2. The van der Waals surface area contributed by atoms with Crippen molar-refractivity contribution in [1.29, 1.82) is 0 Å². The Morgan fingerprint density at radius 3 is 2.06 bits per heavy atom. The first kappa shape index (κ1) is 26.3. The summed E-state index contributed by atoms with van der Waals surface area (Å²) >= 11 is 0. The molecule has 0 fully saturated rings. The number of anilines is 1. The van der Waals surface area contributed by atoms with Crippen LogP contribution in [0.4, 0.5) is 10.5 Å². The number of hydrogen-bond acceptors (Lipinski definition) is 6. The Morgan fingerprint density at radius 2 is 1.50 bits per heavy atom. The number of aromatic nitrogens is 1. The van der Waals surface area contributed by atoms with Crippen molar-refractivity contribution in [3.8, 4) is 17.2 Å². The summed E-state index contributed by atoms with van der Waals surface area (Å²) in [6.07, 6.45) is 3.19. The molecule has 9 nitrogen and oxygen atoms in total. The van der Waals surface area contributed by atoms with Gasteiger partial charge >= 0.3 is 12.1 Å². The largest absolute Gasteiger partial charge is 0.469 e. The van der Waals surface area contributed by atoms with Gasteiger partial charge in [0.1, 0.15) is 23.1 Å². The monoisotopic (exact) mass is 493 g/mol. The van der Waals surface area contributed by atoms with Crippen LogP contribution < -0.4 is 15.4 Å². The van der Waals surface area contributed by atoms with Gasteiger partial charge in [0.15, 0.2) is 0 Å². The van der Waals surface area contributed by atoms with Gasteiger partial charge in [0.05, 0.1) is 7.11 Å². The van der Waals surface area contributed by atoms with Crippen molar-refractivity contribution in [1.82, 2.24) is 9.88 Å². The number of methoxy groups -OCH3 is 1. The fourth-order valence-corrected chi connectivity index (χ4v) is 3.25. The zero-order valence-corrected chi connectivity index (χ0v) is 20.8. The predicted octanol–water partition coefficient (Wildman–Crippen LogP) is 5.05. The third-order valence-electron chi connectivity index (χ3n) is 4.97. The van der Waals surface area contributed by atoms with E-state index in [0.29, 0.717) is 17.2 Å². The van der Waals surface area contributed by atoms with Crippen LogP contribution in [0, 0.1) is 0 Å². The molecule has 0 spiro atoms. The molecule has 3 aromatic rings. The van der Waals surface area contributed by atoms with E-state index in [4.69, 9.17) is 9.47 Å². The molecule has 0 aliphatic rings. The third kappa shape index (κ3) is 8.19. The molecule has 190 valence electrons. The van der Waals surface area contributed by atoms with E-state index >= 15 is 0 Å². The van der Waals surface area contributed by atoms with Gasteiger partial charge in [0.25, 0.3) is 0 Å². The first-order valence-electron chi connectivity index (χ1n) is 11.5. The highest BCUT2D eigenvalue weighted by Crippen LogP contribution is 2.24. The second kappa shape index (κ2) is 11.9. The predicted molar refractivity (Wildman–Crippen MR) is 135 cm³/mol. The van der Waals surface area contributed by atoms with E-state index in [0.717, 1.165) is 5.69 Å². The first-order chi connectivity index (χ1) is 17.1. The molecule has 1 aromatic heterocycles. The van der Waals surface area contributed by atoms with E-state index < -0.39 is 29.6 Å². The lowest BCUT2D eigenvalue weighted by Crippen LogP contribution is -2.46. The van der Waals surface area contributed by atoms with E-state index in [1.807, 2.05) is 53.4 Å². The average Bonchev–Trinajstić information content (AvgIpc) is 3.37. The topological polar surface area (TPSA) is 108 Å². The number of esters is 1. The van der Waals surface area contributed by atoms with E-state index in [2.05, 4.69) is 15.4 Å². The summed E-state index contributed by atoms with van der Waals surface area (Å²) in [5.74, 6) is 0.295. The van der Waals surface area contributed by atoms with Gasteiger partial charge in [-0.2, -0.15) is 0 Å². The summed E-state index contributed by atoms with van der Waals surface area (Å²) in [6.45, 7) is 5.16. The Morgan fingerprint density at radius 1 is 0.917 bits per heavy atom. The number of nitrogens with zero attached hydrogens (tertiary/aromatic N) is 1. The maximum atomic E-state index is 12.9. The number of ether oxygens (including phenoxy) is 3. The van der Waals surface area contributed by atoms with Crippen molar-refractivity contribution in [2.45, 2.75) is 45.3 Å². The van der Waals surface area contributed by atoms with Gasteiger partial charge in [-0.05, 0) is 87.9 Å². The lowest BCUT2D eigenvalue weighted by atomic mass is 10.1. The summed E-state index contributed by atoms with van der Waals surface area (Å²) in [5, 5.41) is 5.27. The summed E-state index contributed by atoms with van der Waals surface area (Å²) in [6, 6.07) is 17.4. The fraction of sp³-hybridized carbons (Fsp3) is 0.296. The molecule has 0 saturated carbocycles. The quantitative estimate of drug-likeness (QED) is 0.404. The molecule has 0 aliphatic heterocycles. The molecule has 0 bridgehead atoms. The van der Waals surface area contributed by atoms with Crippen LogP contribution in [-0.4, -0.2) is 41.3 Å².